The van der Waals surface area contributed by atoms with Crippen molar-refractivity contribution >= 4 is 11.9 Å². The van der Waals surface area contributed by atoms with E-state index in [9.17, 15) is 9.59 Å². The lowest BCUT2D eigenvalue weighted by Gasteiger charge is -2.15. The van der Waals surface area contributed by atoms with Gasteiger partial charge < -0.3 is 16.2 Å². The molecule has 0 saturated heterocycles. The number of carbonyl (C=O) groups is 2. The van der Waals surface area contributed by atoms with Crippen molar-refractivity contribution in [1.82, 2.24) is 0 Å². The van der Waals surface area contributed by atoms with Crippen LogP contribution in [0.3, 0.4) is 0 Å². The van der Waals surface area contributed by atoms with Crippen molar-refractivity contribution in [3.8, 4) is 0 Å². The molecule has 116 valence electrons. The van der Waals surface area contributed by atoms with Gasteiger partial charge in [0.05, 0.1) is 0 Å². The molecule has 1 aromatic rings. The van der Waals surface area contributed by atoms with Crippen LogP contribution in [0.4, 0.5) is 0 Å². The molecular formula is C15H24N3O3+. The van der Waals surface area contributed by atoms with E-state index in [1.54, 1.807) is 29.1 Å². The highest BCUT2D eigenvalue weighted by molar-refractivity contribution is 5.92. The molecule has 1 atom stereocenters. The zero-order valence-electron chi connectivity index (χ0n) is 12.6. The molecule has 0 aromatic carbocycles. The van der Waals surface area contributed by atoms with E-state index in [0.29, 0.717) is 24.4 Å². The van der Waals surface area contributed by atoms with E-state index < -0.39 is 5.91 Å². The van der Waals surface area contributed by atoms with Gasteiger partial charge in [-0.3, -0.25) is 9.59 Å². The molecule has 0 aliphatic heterocycles. The maximum Gasteiger partial charge on any atom is 0.310 e. The number of rotatable bonds is 8. The van der Waals surface area contributed by atoms with Crippen LogP contribution in [-0.4, -0.2) is 18.4 Å². The van der Waals surface area contributed by atoms with Gasteiger partial charge in [0, 0.05) is 12.5 Å². The summed E-state index contributed by atoms with van der Waals surface area (Å²) >= 11 is 0. The number of amides is 1. The third-order valence-corrected chi connectivity index (χ3v) is 3.11. The number of pyridine rings is 1. The molecule has 0 fully saturated rings. The minimum Gasteiger partial charge on any atom is -0.405 e. The molecule has 0 radical (unpaired) electrons. The monoisotopic (exact) mass is 294 g/mol. The van der Waals surface area contributed by atoms with E-state index >= 15 is 0 Å². The van der Waals surface area contributed by atoms with Gasteiger partial charge in [0.2, 0.25) is 0 Å². The van der Waals surface area contributed by atoms with Crippen LogP contribution in [0.5, 0.6) is 0 Å². The lowest BCUT2D eigenvalue weighted by molar-refractivity contribution is -0.727. The predicted octanol–water partition coefficient (Wildman–Crippen LogP) is 0.585. The maximum absolute atomic E-state index is 11.8. The van der Waals surface area contributed by atoms with Crippen molar-refractivity contribution in [3.05, 3.63) is 30.1 Å². The van der Waals surface area contributed by atoms with Gasteiger partial charge in [-0.1, -0.05) is 13.8 Å². The van der Waals surface area contributed by atoms with Crippen molar-refractivity contribution in [2.24, 2.45) is 23.3 Å². The number of ether oxygens (including phenoxy) is 1. The SMILES string of the molecule is CC(C)CC(CN)CC(=O)OC[n+]1cccc(C(N)=O)c1. The fourth-order valence-corrected chi connectivity index (χ4v) is 2.12. The predicted molar refractivity (Wildman–Crippen MR) is 77.9 cm³/mol. The first-order valence-corrected chi connectivity index (χ1v) is 7.07. The minimum absolute atomic E-state index is 0.0545. The highest BCUT2D eigenvalue weighted by atomic mass is 16.5. The lowest BCUT2D eigenvalue weighted by atomic mass is 9.94. The van der Waals surface area contributed by atoms with Gasteiger partial charge in [-0.15, -0.1) is 0 Å². The Hall–Kier alpha value is -1.95. The highest BCUT2D eigenvalue weighted by Gasteiger charge is 2.16. The first-order chi connectivity index (χ1) is 9.92. The van der Waals surface area contributed by atoms with Crippen LogP contribution in [0.15, 0.2) is 24.5 Å². The Morgan fingerprint density at radius 1 is 1.38 bits per heavy atom. The summed E-state index contributed by atoms with van der Waals surface area (Å²) in [7, 11) is 0. The molecule has 6 heteroatoms. The van der Waals surface area contributed by atoms with Crippen LogP contribution in [-0.2, 0) is 16.3 Å². The van der Waals surface area contributed by atoms with Gasteiger partial charge in [0.25, 0.3) is 12.6 Å². The number of aromatic nitrogens is 1. The summed E-state index contributed by atoms with van der Waals surface area (Å²) in [6, 6.07) is 3.28. The van der Waals surface area contributed by atoms with Gasteiger partial charge in [0.1, 0.15) is 5.56 Å². The quantitative estimate of drug-likeness (QED) is 0.541. The molecule has 1 rings (SSSR count). The minimum atomic E-state index is -0.518. The zero-order chi connectivity index (χ0) is 15.8. The van der Waals surface area contributed by atoms with Crippen LogP contribution in [0.1, 0.15) is 37.0 Å². The molecule has 1 aromatic heterocycles. The average Bonchev–Trinajstić information content (AvgIpc) is 2.44. The van der Waals surface area contributed by atoms with E-state index in [2.05, 4.69) is 13.8 Å². The van der Waals surface area contributed by atoms with Gasteiger partial charge in [0.15, 0.2) is 12.4 Å². The van der Waals surface area contributed by atoms with Crippen molar-refractivity contribution in [2.75, 3.05) is 6.54 Å². The smallest absolute Gasteiger partial charge is 0.310 e. The molecule has 1 unspecified atom stereocenters. The van der Waals surface area contributed by atoms with Crippen LogP contribution >= 0.6 is 0 Å². The summed E-state index contributed by atoms with van der Waals surface area (Å²) in [5, 5.41) is 0. The number of carbonyl (C=O) groups excluding carboxylic acids is 2. The topological polar surface area (TPSA) is 99.3 Å². The van der Waals surface area contributed by atoms with Gasteiger partial charge in [-0.25, -0.2) is 0 Å². The molecule has 0 spiro atoms. The molecule has 0 aliphatic rings. The second kappa shape index (κ2) is 8.36. The molecule has 0 saturated carbocycles. The molecule has 4 N–H and O–H groups in total. The van der Waals surface area contributed by atoms with Gasteiger partial charge >= 0.3 is 5.97 Å². The van der Waals surface area contributed by atoms with Crippen molar-refractivity contribution in [3.63, 3.8) is 0 Å². The first kappa shape index (κ1) is 17.1. The van der Waals surface area contributed by atoms with Crippen molar-refractivity contribution in [1.29, 1.82) is 0 Å². The molecule has 6 nitrogen and oxygen atoms in total. The standard InChI is InChI=1S/C15H23N3O3/c1-11(2)6-12(8-16)7-14(19)21-10-18-5-3-4-13(9-18)15(17)20/h3-5,9,11-12H,6-8,10,16H2,1-2H3,(H-,17,20)/p+1. The first-order valence-electron chi connectivity index (χ1n) is 7.07. The molecular weight excluding hydrogens is 270 g/mol. The van der Waals surface area contributed by atoms with E-state index in [0.717, 1.165) is 6.42 Å². The average molecular weight is 294 g/mol. The molecule has 1 amide bonds. The Labute approximate surface area is 125 Å². The Balaban J connectivity index is 2.49. The lowest BCUT2D eigenvalue weighted by Crippen LogP contribution is -2.37. The number of nitrogens with zero attached hydrogens (tertiary/aromatic N) is 1. The number of hydrogen-bond acceptors (Lipinski definition) is 4. The number of hydrogen-bond donors (Lipinski definition) is 2. The van der Waals surface area contributed by atoms with E-state index in [-0.39, 0.29) is 18.6 Å². The van der Waals surface area contributed by atoms with Crippen LogP contribution in [0.25, 0.3) is 0 Å². The Morgan fingerprint density at radius 3 is 2.67 bits per heavy atom. The summed E-state index contributed by atoms with van der Waals surface area (Å²) < 4.78 is 6.79. The Kier molecular flexibility index (Phi) is 6.81. The van der Waals surface area contributed by atoms with Crippen LogP contribution < -0.4 is 16.0 Å². The Bertz CT molecular complexity index is 489. The van der Waals surface area contributed by atoms with E-state index in [1.807, 2.05) is 0 Å². The number of primary amides is 1. The highest BCUT2D eigenvalue weighted by Crippen LogP contribution is 2.14. The number of nitrogens with two attached hydrogens (primary N) is 2. The van der Waals surface area contributed by atoms with E-state index in [1.165, 1.54) is 0 Å². The van der Waals surface area contributed by atoms with E-state index in [4.69, 9.17) is 16.2 Å². The van der Waals surface area contributed by atoms with Gasteiger partial charge in [-0.05, 0) is 30.9 Å². The normalized spacial score (nSPS) is 12.2. The van der Waals surface area contributed by atoms with Crippen molar-refractivity contribution < 1.29 is 18.9 Å². The fraction of sp³-hybridized carbons (Fsp3) is 0.533. The van der Waals surface area contributed by atoms with Crippen LogP contribution in [0.2, 0.25) is 0 Å². The Morgan fingerprint density at radius 2 is 2.10 bits per heavy atom. The summed E-state index contributed by atoms with van der Waals surface area (Å²) in [6.45, 7) is 4.72. The third-order valence-electron chi connectivity index (χ3n) is 3.11. The summed E-state index contributed by atoms with van der Waals surface area (Å²) in [6.07, 6.45) is 4.46. The maximum atomic E-state index is 11.8. The van der Waals surface area contributed by atoms with Crippen molar-refractivity contribution in [2.45, 2.75) is 33.4 Å². The molecule has 0 aliphatic carbocycles. The summed E-state index contributed by atoms with van der Waals surface area (Å²) in [4.78, 5) is 22.9. The molecule has 0 bridgehead atoms. The van der Waals surface area contributed by atoms with Crippen LogP contribution in [0, 0.1) is 11.8 Å². The fourth-order valence-electron chi connectivity index (χ4n) is 2.12. The largest absolute Gasteiger partial charge is 0.405 e. The summed E-state index contributed by atoms with van der Waals surface area (Å²) in [5.41, 5.74) is 11.2. The second-order valence-electron chi connectivity index (χ2n) is 5.55. The second-order valence-corrected chi connectivity index (χ2v) is 5.55. The molecule has 21 heavy (non-hydrogen) atoms. The number of esters is 1. The third kappa shape index (κ3) is 6.35. The summed E-state index contributed by atoms with van der Waals surface area (Å²) in [5.74, 6) is -0.175. The zero-order valence-corrected chi connectivity index (χ0v) is 12.6. The molecule has 1 heterocycles. The van der Waals surface area contributed by atoms with Gasteiger partial charge in [-0.2, -0.15) is 4.57 Å².